The Hall–Kier alpha value is -1.70. The molecule has 2 nitrogen and oxygen atoms in total. The molecule has 2 aromatic rings. The third-order valence-corrected chi connectivity index (χ3v) is 2.94. The van der Waals surface area contributed by atoms with Crippen LogP contribution in [0, 0.1) is 5.41 Å². The lowest BCUT2D eigenvalue weighted by molar-refractivity contribution is -0.658. The Morgan fingerprint density at radius 2 is 1.76 bits per heavy atom. The van der Waals surface area contributed by atoms with Crippen molar-refractivity contribution in [1.29, 1.82) is 0 Å². The van der Waals surface area contributed by atoms with E-state index in [9.17, 15) is 4.79 Å². The summed E-state index contributed by atoms with van der Waals surface area (Å²) in [5, 5.41) is 1.16. The number of carbonyl (C=O) groups excluding carboxylic acids is 1. The van der Waals surface area contributed by atoms with E-state index in [-0.39, 0.29) is 11.2 Å². The quantitative estimate of drug-likeness (QED) is 0.724. The summed E-state index contributed by atoms with van der Waals surface area (Å²) in [6.07, 6.45) is 1.96. The van der Waals surface area contributed by atoms with E-state index in [2.05, 4.69) is 12.1 Å². The van der Waals surface area contributed by atoms with E-state index < -0.39 is 0 Å². The van der Waals surface area contributed by atoms with Crippen LogP contribution in [0.3, 0.4) is 0 Å². The number of Topliss-reactive ketones (excluding diaryl/α,β-unsaturated/α-hetero) is 1. The second-order valence-corrected chi connectivity index (χ2v) is 5.37. The second kappa shape index (κ2) is 4.28. The summed E-state index contributed by atoms with van der Waals surface area (Å²) in [6, 6.07) is 12.2. The van der Waals surface area contributed by atoms with Crippen molar-refractivity contribution in [3.63, 3.8) is 0 Å². The molecule has 0 amide bonds. The average Bonchev–Trinajstić information content (AvgIpc) is 2.28. The van der Waals surface area contributed by atoms with Crippen LogP contribution in [0.4, 0.5) is 0 Å². The van der Waals surface area contributed by atoms with Crippen molar-refractivity contribution < 1.29 is 9.36 Å². The highest BCUT2D eigenvalue weighted by molar-refractivity contribution is 5.83. The highest BCUT2D eigenvalue weighted by Crippen LogP contribution is 2.15. The first-order chi connectivity index (χ1) is 7.98. The lowest BCUT2D eigenvalue weighted by Gasteiger charge is -2.14. The first kappa shape index (κ1) is 11.8. The molecule has 0 bridgehead atoms. The van der Waals surface area contributed by atoms with Crippen molar-refractivity contribution in [2.75, 3.05) is 0 Å². The summed E-state index contributed by atoms with van der Waals surface area (Å²) in [5.41, 5.74) is 0.817. The Morgan fingerprint density at radius 3 is 2.47 bits per heavy atom. The number of rotatable bonds is 2. The van der Waals surface area contributed by atoms with Gasteiger partial charge in [-0.25, -0.2) is 0 Å². The van der Waals surface area contributed by atoms with Gasteiger partial charge in [0.1, 0.15) is 0 Å². The summed E-state index contributed by atoms with van der Waals surface area (Å²) in [6.45, 7) is 6.31. The van der Waals surface area contributed by atoms with Crippen LogP contribution in [0.25, 0.3) is 10.9 Å². The number of nitrogens with zero attached hydrogens (tertiary/aromatic N) is 1. The third-order valence-electron chi connectivity index (χ3n) is 2.94. The number of ketones is 1. The maximum atomic E-state index is 12.1. The lowest BCUT2D eigenvalue weighted by atomic mass is 9.91. The molecule has 0 aliphatic heterocycles. The molecular weight excluding hydrogens is 210 g/mol. The molecule has 0 spiro atoms. The zero-order valence-corrected chi connectivity index (χ0v) is 10.6. The van der Waals surface area contributed by atoms with Crippen LogP contribution >= 0.6 is 0 Å². The summed E-state index contributed by atoms with van der Waals surface area (Å²) >= 11 is 0. The van der Waals surface area contributed by atoms with Crippen LogP contribution in [-0.2, 0) is 11.3 Å². The number of fused-ring (bicyclic) bond motifs is 1. The standard InChI is InChI=1S/C15H18NO/c1-15(2,3)14(17)11-16-10-6-8-12-7-4-5-9-13(12)16/h4-10H,11H2,1-3H3/q+1. The van der Waals surface area contributed by atoms with Gasteiger partial charge in [0, 0.05) is 22.9 Å². The van der Waals surface area contributed by atoms with Gasteiger partial charge in [0.2, 0.25) is 17.8 Å². The normalized spacial score (nSPS) is 11.7. The maximum Gasteiger partial charge on any atom is 0.212 e. The van der Waals surface area contributed by atoms with E-state index in [1.54, 1.807) is 0 Å². The molecule has 0 N–H and O–H groups in total. The molecule has 1 aromatic heterocycles. The molecular formula is C15H18NO+. The predicted molar refractivity (Wildman–Crippen MR) is 68.6 cm³/mol. The highest BCUT2D eigenvalue weighted by atomic mass is 16.1. The van der Waals surface area contributed by atoms with Crippen LogP contribution in [0.15, 0.2) is 42.6 Å². The fourth-order valence-electron chi connectivity index (χ4n) is 1.75. The average molecular weight is 228 g/mol. The number of carbonyl (C=O) groups is 1. The monoisotopic (exact) mass is 228 g/mol. The van der Waals surface area contributed by atoms with E-state index in [1.165, 1.54) is 0 Å². The molecule has 2 heteroatoms. The van der Waals surface area contributed by atoms with Crippen molar-refractivity contribution >= 4 is 16.7 Å². The maximum absolute atomic E-state index is 12.1. The van der Waals surface area contributed by atoms with Crippen molar-refractivity contribution in [3.8, 4) is 0 Å². The minimum atomic E-state index is -0.288. The fourth-order valence-corrected chi connectivity index (χ4v) is 1.75. The predicted octanol–water partition coefficient (Wildman–Crippen LogP) is 2.74. The number of pyridine rings is 1. The van der Waals surface area contributed by atoms with Crippen LogP contribution < -0.4 is 4.57 Å². The van der Waals surface area contributed by atoms with E-state index in [0.29, 0.717) is 6.54 Å². The first-order valence-corrected chi connectivity index (χ1v) is 5.89. The molecule has 0 atom stereocenters. The van der Waals surface area contributed by atoms with Gasteiger partial charge in [-0.05, 0) is 12.1 Å². The van der Waals surface area contributed by atoms with Gasteiger partial charge in [-0.1, -0.05) is 32.9 Å². The van der Waals surface area contributed by atoms with E-state index in [0.717, 1.165) is 10.9 Å². The molecule has 0 aliphatic carbocycles. The summed E-state index contributed by atoms with van der Waals surface area (Å²) < 4.78 is 2.02. The first-order valence-electron chi connectivity index (χ1n) is 5.89. The summed E-state index contributed by atoms with van der Waals surface area (Å²) in [4.78, 5) is 12.1. The Bertz CT molecular complexity index is 547. The zero-order chi connectivity index (χ0) is 12.5. The minimum Gasteiger partial charge on any atom is -0.292 e. The molecule has 0 saturated carbocycles. The van der Waals surface area contributed by atoms with Crippen LogP contribution in [-0.4, -0.2) is 5.78 Å². The van der Waals surface area contributed by atoms with Gasteiger partial charge < -0.3 is 0 Å². The molecule has 17 heavy (non-hydrogen) atoms. The van der Waals surface area contributed by atoms with E-state index in [1.807, 2.05) is 55.8 Å². The smallest absolute Gasteiger partial charge is 0.212 e. The summed E-state index contributed by atoms with van der Waals surface area (Å²) in [7, 11) is 0. The topological polar surface area (TPSA) is 20.9 Å². The molecule has 0 radical (unpaired) electrons. The Labute approximate surface area is 102 Å². The van der Waals surface area contributed by atoms with Gasteiger partial charge in [0.05, 0.1) is 0 Å². The van der Waals surface area contributed by atoms with Gasteiger partial charge in [0.15, 0.2) is 6.20 Å². The molecule has 1 aromatic carbocycles. The van der Waals surface area contributed by atoms with Gasteiger partial charge in [-0.15, -0.1) is 0 Å². The van der Waals surface area contributed by atoms with Crippen LogP contribution in [0.5, 0.6) is 0 Å². The Morgan fingerprint density at radius 1 is 1.12 bits per heavy atom. The van der Waals surface area contributed by atoms with Gasteiger partial charge in [-0.3, -0.25) is 4.79 Å². The Balaban J connectivity index is 2.40. The molecule has 1 heterocycles. The largest absolute Gasteiger partial charge is 0.292 e. The van der Waals surface area contributed by atoms with Crippen molar-refractivity contribution in [2.45, 2.75) is 27.3 Å². The highest BCUT2D eigenvalue weighted by Gasteiger charge is 2.25. The fraction of sp³-hybridized carbons (Fsp3) is 0.333. The van der Waals surface area contributed by atoms with Gasteiger partial charge >= 0.3 is 0 Å². The number of hydrogen-bond donors (Lipinski definition) is 0. The van der Waals surface area contributed by atoms with Crippen molar-refractivity contribution in [3.05, 3.63) is 42.6 Å². The van der Waals surface area contributed by atoms with Crippen molar-refractivity contribution in [2.24, 2.45) is 5.41 Å². The third kappa shape index (κ3) is 2.52. The Kier molecular flexibility index (Phi) is 2.97. The molecule has 0 aliphatic rings. The number of aromatic nitrogens is 1. The molecule has 2 rings (SSSR count). The number of benzene rings is 1. The second-order valence-electron chi connectivity index (χ2n) is 5.37. The molecule has 0 saturated heterocycles. The zero-order valence-electron chi connectivity index (χ0n) is 10.6. The van der Waals surface area contributed by atoms with E-state index in [4.69, 9.17) is 0 Å². The lowest BCUT2D eigenvalue weighted by Crippen LogP contribution is -2.42. The molecule has 0 fully saturated rings. The van der Waals surface area contributed by atoms with Crippen LogP contribution in [0.2, 0.25) is 0 Å². The SMILES string of the molecule is CC(C)(C)C(=O)C[n+]1cccc2ccccc21. The number of hydrogen-bond acceptors (Lipinski definition) is 1. The molecule has 0 unspecified atom stereocenters. The van der Waals surface area contributed by atoms with Crippen molar-refractivity contribution in [1.82, 2.24) is 0 Å². The number of para-hydroxylation sites is 1. The van der Waals surface area contributed by atoms with Crippen LogP contribution in [0.1, 0.15) is 20.8 Å². The molecule has 88 valence electrons. The van der Waals surface area contributed by atoms with Gasteiger partial charge in [-0.2, -0.15) is 4.57 Å². The van der Waals surface area contributed by atoms with Gasteiger partial charge in [0.25, 0.3) is 0 Å². The minimum absolute atomic E-state index is 0.249. The summed E-state index contributed by atoms with van der Waals surface area (Å²) in [5.74, 6) is 0.249. The van der Waals surface area contributed by atoms with E-state index >= 15 is 0 Å².